The van der Waals surface area contributed by atoms with Crippen molar-refractivity contribution in [1.29, 1.82) is 0 Å². The van der Waals surface area contributed by atoms with Gasteiger partial charge >= 0.3 is 0 Å². The topological polar surface area (TPSA) is 0 Å². The maximum atomic E-state index is 2.35. The fourth-order valence-corrected chi connectivity index (χ4v) is 5.42. The number of rotatable bonds is 18. The predicted molar refractivity (Wildman–Crippen MR) is 140 cm³/mol. The first-order valence-corrected chi connectivity index (χ1v) is 14.0. The molecule has 0 N–H and O–H groups in total. The summed E-state index contributed by atoms with van der Waals surface area (Å²) in [7, 11) is 0. The molecule has 0 unspecified atom stereocenters. The van der Waals surface area contributed by atoms with Gasteiger partial charge in [-0.1, -0.05) is 139 Å². The van der Waals surface area contributed by atoms with Gasteiger partial charge in [0.25, 0.3) is 0 Å². The van der Waals surface area contributed by atoms with Crippen LogP contribution < -0.4 is 0 Å². The van der Waals surface area contributed by atoms with E-state index in [1.165, 1.54) is 124 Å². The van der Waals surface area contributed by atoms with Crippen LogP contribution in [-0.4, -0.2) is 0 Å². The molecule has 32 heavy (non-hydrogen) atoms. The maximum absolute atomic E-state index is 2.35. The molecule has 0 saturated carbocycles. The third-order valence-corrected chi connectivity index (χ3v) is 7.50. The molecule has 0 saturated heterocycles. The van der Waals surface area contributed by atoms with Gasteiger partial charge in [0.1, 0.15) is 0 Å². The van der Waals surface area contributed by atoms with Gasteiger partial charge in [0.15, 0.2) is 0 Å². The Hall–Kier alpha value is -0.522. The molecule has 0 nitrogen and oxygen atoms in total. The Balaban J connectivity index is 0.00000512. The number of aryl methyl sites for hydroxylation is 2. The normalized spacial score (nSPS) is 10.8. The van der Waals surface area contributed by atoms with Gasteiger partial charge in [-0.15, -0.1) is 0 Å². The average molecular weight is 535 g/mol. The summed E-state index contributed by atoms with van der Waals surface area (Å²) >= 11 is 1.99. The quantitative estimate of drug-likeness (QED) is 0.135. The van der Waals surface area contributed by atoms with Crippen molar-refractivity contribution in [3.05, 3.63) is 59.7 Å². The van der Waals surface area contributed by atoms with E-state index in [4.69, 9.17) is 0 Å². The van der Waals surface area contributed by atoms with E-state index in [9.17, 15) is 0 Å². The zero-order chi connectivity index (χ0) is 22.0. The molecule has 0 heterocycles. The van der Waals surface area contributed by atoms with Crippen LogP contribution in [0.4, 0.5) is 0 Å². The molecular weight excluding hydrogens is 488 g/mol. The molecule has 0 aromatic heterocycles. The van der Waals surface area contributed by atoms with Gasteiger partial charge in [-0.2, -0.15) is 0 Å². The van der Waals surface area contributed by atoms with E-state index in [2.05, 4.69) is 62.4 Å². The van der Waals surface area contributed by atoms with E-state index in [1.807, 2.05) is 11.8 Å². The Morgan fingerprint density at radius 2 is 0.812 bits per heavy atom. The number of hydrogen-bond acceptors (Lipinski definition) is 1. The van der Waals surface area contributed by atoms with Crippen LogP contribution in [0.5, 0.6) is 0 Å². The second kappa shape index (κ2) is 19.9. The molecule has 178 valence electrons. The van der Waals surface area contributed by atoms with Crippen molar-refractivity contribution in [3.8, 4) is 0 Å². The molecule has 0 aliphatic rings. The van der Waals surface area contributed by atoms with Crippen molar-refractivity contribution in [3.63, 3.8) is 0 Å². The maximum Gasteiger partial charge on any atom is 0.0154 e. The summed E-state index contributed by atoms with van der Waals surface area (Å²) in [5, 5.41) is 0. The Morgan fingerprint density at radius 3 is 1.22 bits per heavy atom. The van der Waals surface area contributed by atoms with Gasteiger partial charge in [-0.25, -0.2) is 0 Å². The zero-order valence-electron chi connectivity index (χ0n) is 20.7. The summed E-state index contributed by atoms with van der Waals surface area (Å²) in [5.41, 5.74) is 3.07. The van der Waals surface area contributed by atoms with Crippen LogP contribution in [0.2, 0.25) is 0 Å². The van der Waals surface area contributed by atoms with Crippen molar-refractivity contribution >= 4 is 11.8 Å². The summed E-state index contributed by atoms with van der Waals surface area (Å²) in [4.78, 5) is 2.92. The predicted octanol–water partition coefficient (Wildman–Crippen LogP) is 10.4. The van der Waals surface area contributed by atoms with E-state index in [-0.39, 0.29) is 21.1 Å². The molecular formula is C30H46MoS. The first kappa shape index (κ1) is 29.5. The van der Waals surface area contributed by atoms with Gasteiger partial charge in [-0.3, -0.25) is 0 Å². The first-order chi connectivity index (χ1) is 15.3. The molecule has 0 spiro atoms. The van der Waals surface area contributed by atoms with Crippen LogP contribution in [0.15, 0.2) is 58.3 Å². The standard InChI is InChI=1S/C30H46S.Mo/c1-3-5-7-9-11-13-15-21-27-23-17-19-25-29(27)31-30-26-20-18-24-28(30)22-16-14-12-10-8-6-4-2;/h17-20,23-26H,3-16,21-22H2,1-2H3;. The molecule has 0 bridgehead atoms. The fourth-order valence-electron chi connectivity index (χ4n) is 4.28. The molecule has 2 heteroatoms. The van der Waals surface area contributed by atoms with Crippen LogP contribution >= 0.6 is 11.8 Å². The third-order valence-electron chi connectivity index (χ3n) is 6.26. The minimum Gasteiger partial charge on any atom is -0.0895 e. The molecule has 0 aliphatic heterocycles. The van der Waals surface area contributed by atoms with E-state index < -0.39 is 0 Å². The van der Waals surface area contributed by atoms with Crippen molar-refractivity contribution in [2.45, 2.75) is 126 Å². The molecule has 2 aromatic carbocycles. The molecule has 0 radical (unpaired) electrons. The van der Waals surface area contributed by atoms with Crippen molar-refractivity contribution in [2.24, 2.45) is 0 Å². The van der Waals surface area contributed by atoms with E-state index >= 15 is 0 Å². The first-order valence-electron chi connectivity index (χ1n) is 13.2. The fraction of sp³-hybridized carbons (Fsp3) is 0.600. The van der Waals surface area contributed by atoms with Crippen LogP contribution in [0.3, 0.4) is 0 Å². The van der Waals surface area contributed by atoms with Gasteiger partial charge < -0.3 is 0 Å². The molecule has 2 rings (SSSR count). The summed E-state index contributed by atoms with van der Waals surface area (Å²) in [6.07, 6.45) is 21.8. The minimum atomic E-state index is 0. The summed E-state index contributed by atoms with van der Waals surface area (Å²) in [5.74, 6) is 0. The monoisotopic (exact) mass is 536 g/mol. The van der Waals surface area contributed by atoms with Crippen LogP contribution in [0.25, 0.3) is 0 Å². The van der Waals surface area contributed by atoms with E-state index in [0.29, 0.717) is 0 Å². The number of benzene rings is 2. The van der Waals surface area contributed by atoms with Crippen LogP contribution in [-0.2, 0) is 33.9 Å². The number of hydrogen-bond donors (Lipinski definition) is 0. The van der Waals surface area contributed by atoms with Crippen LogP contribution in [0.1, 0.15) is 115 Å². The summed E-state index contributed by atoms with van der Waals surface area (Å²) < 4.78 is 0. The van der Waals surface area contributed by atoms with Crippen molar-refractivity contribution in [2.75, 3.05) is 0 Å². The van der Waals surface area contributed by atoms with Gasteiger partial charge in [0, 0.05) is 30.9 Å². The summed E-state index contributed by atoms with van der Waals surface area (Å²) in [6.45, 7) is 4.59. The zero-order valence-corrected chi connectivity index (χ0v) is 23.6. The minimum absolute atomic E-state index is 0. The smallest absolute Gasteiger partial charge is 0.0154 e. The number of unbranched alkanes of at least 4 members (excludes halogenated alkanes) is 12. The molecule has 0 fully saturated rings. The van der Waals surface area contributed by atoms with Crippen molar-refractivity contribution in [1.82, 2.24) is 0 Å². The molecule has 0 atom stereocenters. The average Bonchev–Trinajstić information content (AvgIpc) is 2.80. The largest absolute Gasteiger partial charge is 0.0895 e. The van der Waals surface area contributed by atoms with Gasteiger partial charge in [0.05, 0.1) is 0 Å². The van der Waals surface area contributed by atoms with Crippen LogP contribution in [0, 0.1) is 0 Å². The Labute approximate surface area is 218 Å². The Bertz CT molecular complexity index is 637. The van der Waals surface area contributed by atoms with Crippen molar-refractivity contribution < 1.29 is 21.1 Å². The van der Waals surface area contributed by atoms with E-state index in [1.54, 1.807) is 0 Å². The van der Waals surface area contributed by atoms with E-state index in [0.717, 1.165) is 0 Å². The summed E-state index contributed by atoms with van der Waals surface area (Å²) in [6, 6.07) is 18.2. The Kier molecular flexibility index (Phi) is 18.4. The molecule has 0 aliphatic carbocycles. The second-order valence-electron chi connectivity index (χ2n) is 9.06. The van der Waals surface area contributed by atoms with Gasteiger partial charge in [-0.05, 0) is 48.9 Å². The second-order valence-corrected chi connectivity index (χ2v) is 10.1. The SMILES string of the molecule is CCCCCCCCCc1ccccc1Sc1ccccc1CCCCCCCCC.[Mo]. The third kappa shape index (κ3) is 12.6. The van der Waals surface area contributed by atoms with Gasteiger partial charge in [0.2, 0.25) is 0 Å². The molecule has 0 amide bonds. The Morgan fingerprint density at radius 1 is 0.469 bits per heavy atom. The molecule has 2 aromatic rings.